The standard InChI is InChI=1S/C27H33FN2O2/c1-16-13-26(3)23(8-10-27(26,31)14-18-9-11-30(32)17(2)12-18)22-7-6-21-20(24(16)22)5-4-19(15-29)25(21)28/h4-5,9,11-12,16-17,22-24,31-32H,6-8,10,13-14H2,1-3H3/t16-,17?,22?,23?,24?,26-,27+/m0/s1. The molecule has 5 rings (SSSR count). The summed E-state index contributed by atoms with van der Waals surface area (Å²) in [6.45, 7) is 6.48. The molecule has 2 saturated carbocycles. The molecule has 1 aromatic rings. The van der Waals surface area contributed by atoms with Gasteiger partial charge < -0.3 is 5.11 Å². The molecule has 0 bridgehead atoms. The van der Waals surface area contributed by atoms with Crippen LogP contribution < -0.4 is 0 Å². The lowest BCUT2D eigenvalue weighted by molar-refractivity contribution is -0.115. The van der Waals surface area contributed by atoms with Crippen molar-refractivity contribution in [1.82, 2.24) is 5.06 Å². The minimum Gasteiger partial charge on any atom is -0.389 e. The van der Waals surface area contributed by atoms with Crippen molar-refractivity contribution < 1.29 is 14.7 Å². The predicted octanol–water partition coefficient (Wildman–Crippen LogP) is 5.45. The third kappa shape index (κ3) is 2.99. The van der Waals surface area contributed by atoms with Crippen LogP contribution >= 0.6 is 0 Å². The summed E-state index contributed by atoms with van der Waals surface area (Å²) in [6, 6.07) is 5.54. The number of nitriles is 1. The van der Waals surface area contributed by atoms with Gasteiger partial charge in [-0.2, -0.15) is 5.26 Å². The van der Waals surface area contributed by atoms with Crippen LogP contribution in [0.25, 0.3) is 0 Å². The lowest BCUT2D eigenvalue weighted by Crippen LogP contribution is -2.53. The fourth-order valence-electron chi connectivity index (χ4n) is 7.85. The molecule has 32 heavy (non-hydrogen) atoms. The molecule has 0 aromatic heterocycles. The summed E-state index contributed by atoms with van der Waals surface area (Å²) >= 11 is 0. The molecule has 4 nitrogen and oxygen atoms in total. The molecule has 0 saturated heterocycles. The molecular formula is C27H33FN2O2. The van der Waals surface area contributed by atoms with E-state index in [1.807, 2.05) is 31.2 Å². The largest absolute Gasteiger partial charge is 0.389 e. The number of hydrogen-bond acceptors (Lipinski definition) is 4. The average molecular weight is 437 g/mol. The number of hydrogen-bond donors (Lipinski definition) is 2. The number of hydroxylamine groups is 2. The van der Waals surface area contributed by atoms with Crippen LogP contribution in [0, 0.1) is 40.3 Å². The molecule has 2 fully saturated rings. The van der Waals surface area contributed by atoms with E-state index in [0.717, 1.165) is 42.4 Å². The number of halogens is 1. The highest BCUT2D eigenvalue weighted by Gasteiger charge is 2.63. The van der Waals surface area contributed by atoms with Gasteiger partial charge in [0.05, 0.1) is 17.2 Å². The van der Waals surface area contributed by atoms with Gasteiger partial charge in [-0.15, -0.1) is 0 Å². The molecule has 170 valence electrons. The third-order valence-corrected chi connectivity index (χ3v) is 9.38. The van der Waals surface area contributed by atoms with E-state index in [1.165, 1.54) is 5.06 Å². The van der Waals surface area contributed by atoms with Crippen molar-refractivity contribution in [1.29, 1.82) is 5.26 Å². The zero-order chi connectivity index (χ0) is 22.8. The number of aliphatic hydroxyl groups is 1. The van der Waals surface area contributed by atoms with Crippen molar-refractivity contribution in [2.24, 2.45) is 23.2 Å². The number of allylic oxidation sites excluding steroid dienone is 1. The van der Waals surface area contributed by atoms with Crippen LogP contribution in [0.2, 0.25) is 0 Å². The van der Waals surface area contributed by atoms with Crippen molar-refractivity contribution in [3.63, 3.8) is 0 Å². The Balaban J connectivity index is 1.46. The molecule has 5 heteroatoms. The van der Waals surface area contributed by atoms with Gasteiger partial charge in [-0.25, -0.2) is 4.39 Å². The second-order valence-corrected chi connectivity index (χ2v) is 11.0. The molecule has 0 radical (unpaired) electrons. The maximum atomic E-state index is 14.9. The van der Waals surface area contributed by atoms with Crippen LogP contribution in [0.1, 0.15) is 75.5 Å². The summed E-state index contributed by atoms with van der Waals surface area (Å²) in [7, 11) is 0. The van der Waals surface area contributed by atoms with Crippen molar-refractivity contribution in [2.75, 3.05) is 0 Å². The average Bonchev–Trinajstić information content (AvgIpc) is 3.01. The topological polar surface area (TPSA) is 67.5 Å². The van der Waals surface area contributed by atoms with Gasteiger partial charge in [0.25, 0.3) is 0 Å². The van der Waals surface area contributed by atoms with Gasteiger partial charge in [0.1, 0.15) is 11.9 Å². The summed E-state index contributed by atoms with van der Waals surface area (Å²) < 4.78 is 14.9. The summed E-state index contributed by atoms with van der Waals surface area (Å²) in [4.78, 5) is 0. The van der Waals surface area contributed by atoms with Crippen LogP contribution in [0.5, 0.6) is 0 Å². The summed E-state index contributed by atoms with van der Waals surface area (Å²) in [5.74, 6) is 1.13. The Bertz CT molecular complexity index is 1040. The van der Waals surface area contributed by atoms with Crippen LogP contribution in [0.15, 0.2) is 36.1 Å². The number of rotatable bonds is 2. The van der Waals surface area contributed by atoms with Crippen LogP contribution in [0.4, 0.5) is 4.39 Å². The van der Waals surface area contributed by atoms with E-state index >= 15 is 0 Å². The lowest BCUT2D eigenvalue weighted by atomic mass is 9.50. The summed E-state index contributed by atoms with van der Waals surface area (Å²) in [5, 5.41) is 32.3. The lowest BCUT2D eigenvalue weighted by Gasteiger charge is -2.56. The zero-order valence-corrected chi connectivity index (χ0v) is 19.2. The van der Waals surface area contributed by atoms with Crippen LogP contribution in [0.3, 0.4) is 0 Å². The number of nitrogens with zero attached hydrogens (tertiary/aromatic N) is 2. The van der Waals surface area contributed by atoms with E-state index in [2.05, 4.69) is 13.8 Å². The number of benzene rings is 1. The Labute approximate surface area is 190 Å². The molecule has 2 N–H and O–H groups in total. The molecule has 1 aliphatic heterocycles. The van der Waals surface area contributed by atoms with Gasteiger partial charge in [0.15, 0.2) is 0 Å². The first-order valence-corrected chi connectivity index (χ1v) is 12.0. The van der Waals surface area contributed by atoms with E-state index in [9.17, 15) is 20.0 Å². The molecular weight excluding hydrogens is 403 g/mol. The van der Waals surface area contributed by atoms with Crippen LogP contribution in [-0.4, -0.2) is 27.0 Å². The maximum Gasteiger partial charge on any atom is 0.144 e. The van der Waals surface area contributed by atoms with Crippen LogP contribution in [-0.2, 0) is 6.42 Å². The Kier molecular flexibility index (Phi) is 5.03. The van der Waals surface area contributed by atoms with Crippen molar-refractivity contribution in [3.8, 4) is 6.07 Å². The Morgan fingerprint density at radius 2 is 2.06 bits per heavy atom. The van der Waals surface area contributed by atoms with Gasteiger partial charge in [-0.1, -0.05) is 26.0 Å². The smallest absolute Gasteiger partial charge is 0.144 e. The fraction of sp³-hybridized carbons (Fsp3) is 0.593. The van der Waals surface area contributed by atoms with Crippen molar-refractivity contribution >= 4 is 0 Å². The Morgan fingerprint density at radius 1 is 1.28 bits per heavy atom. The summed E-state index contributed by atoms with van der Waals surface area (Å²) in [5.41, 5.74) is 2.11. The molecule has 7 atom stereocenters. The minimum atomic E-state index is -0.777. The van der Waals surface area contributed by atoms with E-state index in [4.69, 9.17) is 0 Å². The van der Waals surface area contributed by atoms with E-state index in [-0.39, 0.29) is 28.8 Å². The monoisotopic (exact) mass is 436 g/mol. The third-order valence-electron chi connectivity index (χ3n) is 9.38. The Morgan fingerprint density at radius 3 is 2.78 bits per heavy atom. The Hall–Kier alpha value is -2.16. The van der Waals surface area contributed by atoms with E-state index in [1.54, 1.807) is 12.3 Å². The first-order valence-electron chi connectivity index (χ1n) is 12.0. The fourth-order valence-corrected chi connectivity index (χ4v) is 7.85. The summed E-state index contributed by atoms with van der Waals surface area (Å²) in [6.07, 6.45) is 10.5. The first kappa shape index (κ1) is 21.7. The quantitative estimate of drug-likeness (QED) is 0.647. The van der Waals surface area contributed by atoms with Gasteiger partial charge in [0, 0.05) is 18.0 Å². The normalized spacial score (nSPS) is 40.2. The minimum absolute atomic E-state index is 0.0960. The molecule has 0 amide bonds. The first-order chi connectivity index (χ1) is 15.2. The second kappa shape index (κ2) is 7.43. The van der Waals surface area contributed by atoms with Gasteiger partial charge >= 0.3 is 0 Å². The highest BCUT2D eigenvalue weighted by atomic mass is 19.1. The van der Waals surface area contributed by atoms with Gasteiger partial charge in [0.2, 0.25) is 0 Å². The van der Waals surface area contributed by atoms with E-state index < -0.39 is 5.60 Å². The van der Waals surface area contributed by atoms with Crippen molar-refractivity contribution in [2.45, 2.75) is 76.9 Å². The molecule has 1 aromatic carbocycles. The highest BCUT2D eigenvalue weighted by Crippen LogP contribution is 2.67. The SMILES string of the molecule is CC1C=C(C[C@]2(O)CCC3C4CCc5c(ccc(C#N)c5F)C4[C@@H](C)C[C@@]32C)C=CN1O. The van der Waals surface area contributed by atoms with Crippen molar-refractivity contribution in [3.05, 3.63) is 58.6 Å². The molecule has 4 aliphatic rings. The number of fused-ring (bicyclic) bond motifs is 5. The van der Waals surface area contributed by atoms with Gasteiger partial charge in [-0.05, 0) is 91.5 Å². The van der Waals surface area contributed by atoms with Gasteiger partial charge in [-0.3, -0.25) is 10.3 Å². The molecule has 4 unspecified atom stereocenters. The van der Waals surface area contributed by atoms with E-state index in [0.29, 0.717) is 30.6 Å². The zero-order valence-electron chi connectivity index (χ0n) is 19.2. The predicted molar refractivity (Wildman–Crippen MR) is 120 cm³/mol. The molecule has 0 spiro atoms. The highest BCUT2D eigenvalue weighted by molar-refractivity contribution is 5.44. The maximum absolute atomic E-state index is 14.9. The molecule has 1 heterocycles. The second-order valence-electron chi connectivity index (χ2n) is 11.0. The molecule has 3 aliphatic carbocycles.